The van der Waals surface area contributed by atoms with Crippen LogP contribution in [0.3, 0.4) is 0 Å². The molecule has 0 saturated heterocycles. The van der Waals surface area contributed by atoms with Gasteiger partial charge >= 0.3 is 5.97 Å². The van der Waals surface area contributed by atoms with Gasteiger partial charge in [-0.3, -0.25) is 14.9 Å². The SMILES string of the molecule is O=C(c1ccc(Cl)cc1Cl)C(N[C@@H](Cc1ccccc1)C(=O)O)c1ccc2ccccc2c1. The van der Waals surface area contributed by atoms with E-state index in [4.69, 9.17) is 23.2 Å². The highest BCUT2D eigenvalue weighted by molar-refractivity contribution is 6.37. The van der Waals surface area contributed by atoms with Crippen molar-refractivity contribution in [1.82, 2.24) is 5.32 Å². The highest BCUT2D eigenvalue weighted by Crippen LogP contribution is 2.29. The van der Waals surface area contributed by atoms with E-state index in [1.54, 1.807) is 12.1 Å². The monoisotopic (exact) mass is 477 g/mol. The van der Waals surface area contributed by atoms with Gasteiger partial charge in [0.2, 0.25) is 0 Å². The van der Waals surface area contributed by atoms with Gasteiger partial charge in [0.05, 0.1) is 11.1 Å². The predicted octanol–water partition coefficient (Wildman–Crippen LogP) is 6.36. The summed E-state index contributed by atoms with van der Waals surface area (Å²) in [6.07, 6.45) is 0.224. The fraction of sp³-hybridized carbons (Fsp3) is 0.111. The van der Waals surface area contributed by atoms with Crippen LogP contribution in [-0.4, -0.2) is 22.9 Å². The molecule has 166 valence electrons. The first-order valence-electron chi connectivity index (χ1n) is 10.4. The topological polar surface area (TPSA) is 66.4 Å². The van der Waals surface area contributed by atoms with E-state index in [2.05, 4.69) is 5.32 Å². The average molecular weight is 478 g/mol. The fourth-order valence-corrected chi connectivity index (χ4v) is 4.33. The number of carboxylic acid groups (broad SMARTS) is 1. The van der Waals surface area contributed by atoms with Crippen LogP contribution in [-0.2, 0) is 11.2 Å². The highest BCUT2D eigenvalue weighted by Gasteiger charge is 2.29. The maximum Gasteiger partial charge on any atom is 0.321 e. The Hall–Kier alpha value is -3.18. The number of rotatable bonds is 8. The minimum absolute atomic E-state index is 0.218. The first kappa shape index (κ1) is 23.0. The number of aliphatic carboxylic acids is 1. The summed E-state index contributed by atoms with van der Waals surface area (Å²) in [5, 5.41) is 15.6. The lowest BCUT2D eigenvalue weighted by Gasteiger charge is -2.24. The molecule has 4 aromatic carbocycles. The smallest absolute Gasteiger partial charge is 0.321 e. The molecule has 6 heteroatoms. The minimum Gasteiger partial charge on any atom is -0.480 e. The maximum atomic E-state index is 13.6. The van der Waals surface area contributed by atoms with Gasteiger partial charge in [0.25, 0.3) is 0 Å². The quantitative estimate of drug-likeness (QED) is 0.290. The Morgan fingerprint density at radius 2 is 1.52 bits per heavy atom. The summed E-state index contributed by atoms with van der Waals surface area (Å²) in [6, 6.07) is 25.5. The molecule has 2 atom stereocenters. The molecule has 0 aliphatic carbocycles. The molecule has 0 saturated carbocycles. The minimum atomic E-state index is -1.04. The number of nitrogens with one attached hydrogen (secondary N) is 1. The number of carboxylic acids is 1. The molecule has 0 radical (unpaired) electrons. The van der Waals surface area contributed by atoms with E-state index in [-0.39, 0.29) is 22.8 Å². The van der Waals surface area contributed by atoms with E-state index < -0.39 is 18.1 Å². The highest BCUT2D eigenvalue weighted by atomic mass is 35.5. The Balaban J connectivity index is 1.75. The molecule has 0 aliphatic heterocycles. The van der Waals surface area contributed by atoms with E-state index in [1.165, 1.54) is 6.07 Å². The molecule has 0 fully saturated rings. The van der Waals surface area contributed by atoms with Gasteiger partial charge in [-0.2, -0.15) is 0 Å². The van der Waals surface area contributed by atoms with Gasteiger partial charge in [-0.1, -0.05) is 89.9 Å². The van der Waals surface area contributed by atoms with Crippen LogP contribution >= 0.6 is 23.2 Å². The van der Waals surface area contributed by atoms with Crippen LogP contribution in [0.5, 0.6) is 0 Å². The average Bonchev–Trinajstić information content (AvgIpc) is 2.81. The van der Waals surface area contributed by atoms with Crippen molar-refractivity contribution < 1.29 is 14.7 Å². The molecule has 4 rings (SSSR count). The van der Waals surface area contributed by atoms with Crippen molar-refractivity contribution in [2.24, 2.45) is 0 Å². The van der Waals surface area contributed by atoms with Crippen molar-refractivity contribution in [2.75, 3.05) is 0 Å². The van der Waals surface area contributed by atoms with Crippen molar-refractivity contribution in [1.29, 1.82) is 0 Å². The van der Waals surface area contributed by atoms with Crippen molar-refractivity contribution >= 4 is 45.7 Å². The van der Waals surface area contributed by atoms with Gasteiger partial charge in [0.15, 0.2) is 5.78 Å². The second kappa shape index (κ2) is 10.2. The van der Waals surface area contributed by atoms with E-state index >= 15 is 0 Å². The second-order valence-corrected chi connectivity index (χ2v) is 8.62. The summed E-state index contributed by atoms with van der Waals surface area (Å²) in [5.41, 5.74) is 1.78. The number of halogens is 2. The van der Waals surface area contributed by atoms with Crippen LogP contribution in [0.25, 0.3) is 10.8 Å². The van der Waals surface area contributed by atoms with Crippen LogP contribution in [0.15, 0.2) is 91.0 Å². The lowest BCUT2D eigenvalue weighted by Crippen LogP contribution is -2.43. The number of carbonyl (C=O) groups is 2. The van der Waals surface area contributed by atoms with Crippen LogP contribution in [0.4, 0.5) is 0 Å². The van der Waals surface area contributed by atoms with Gasteiger partial charge in [-0.25, -0.2) is 0 Å². The number of hydrogen-bond acceptors (Lipinski definition) is 3. The van der Waals surface area contributed by atoms with Crippen molar-refractivity contribution in [3.05, 3.63) is 118 Å². The molecule has 0 aliphatic rings. The first-order chi connectivity index (χ1) is 15.9. The summed E-state index contributed by atoms with van der Waals surface area (Å²) in [5.74, 6) is -1.37. The second-order valence-electron chi connectivity index (χ2n) is 7.78. The number of Topliss-reactive ketones (excluding diaryl/α,β-unsaturated/α-hetero) is 1. The largest absolute Gasteiger partial charge is 0.480 e. The van der Waals surface area contributed by atoms with Crippen LogP contribution in [0, 0.1) is 0 Å². The molecular formula is C27H21Cl2NO3. The van der Waals surface area contributed by atoms with Gasteiger partial charge < -0.3 is 5.11 Å². The van der Waals surface area contributed by atoms with E-state index in [1.807, 2.05) is 72.8 Å². The molecule has 1 unspecified atom stereocenters. The summed E-state index contributed by atoms with van der Waals surface area (Å²) < 4.78 is 0. The lowest BCUT2D eigenvalue weighted by atomic mass is 9.93. The Bertz CT molecular complexity index is 1310. The third kappa shape index (κ3) is 5.42. The van der Waals surface area contributed by atoms with E-state index in [0.717, 1.165) is 16.3 Å². The number of ketones is 1. The predicted molar refractivity (Wildman–Crippen MR) is 132 cm³/mol. The van der Waals surface area contributed by atoms with Crippen LogP contribution in [0.1, 0.15) is 27.5 Å². The number of fused-ring (bicyclic) bond motifs is 1. The molecule has 0 heterocycles. The number of benzene rings is 4. The normalized spacial score (nSPS) is 12.9. The molecule has 2 N–H and O–H groups in total. The fourth-order valence-electron chi connectivity index (χ4n) is 3.82. The molecule has 0 amide bonds. The van der Waals surface area contributed by atoms with Crippen molar-refractivity contribution in [3.63, 3.8) is 0 Å². The zero-order valence-corrected chi connectivity index (χ0v) is 19.1. The van der Waals surface area contributed by atoms with Crippen molar-refractivity contribution in [2.45, 2.75) is 18.5 Å². The van der Waals surface area contributed by atoms with Gasteiger partial charge in [-0.15, -0.1) is 0 Å². The summed E-state index contributed by atoms with van der Waals surface area (Å²) >= 11 is 12.3. The summed E-state index contributed by atoms with van der Waals surface area (Å²) in [7, 11) is 0. The van der Waals surface area contributed by atoms with Crippen LogP contribution < -0.4 is 5.32 Å². The first-order valence-corrected chi connectivity index (χ1v) is 11.2. The number of carbonyl (C=O) groups excluding carboxylic acids is 1. The molecule has 4 aromatic rings. The Morgan fingerprint density at radius 3 is 2.21 bits per heavy atom. The third-order valence-electron chi connectivity index (χ3n) is 5.51. The van der Waals surface area contributed by atoms with Crippen molar-refractivity contribution in [3.8, 4) is 0 Å². The summed E-state index contributed by atoms with van der Waals surface area (Å²) in [4.78, 5) is 25.8. The molecule has 4 nitrogen and oxygen atoms in total. The van der Waals surface area contributed by atoms with Gasteiger partial charge in [0.1, 0.15) is 6.04 Å². The zero-order chi connectivity index (χ0) is 23.4. The standard InChI is InChI=1S/C27H21Cl2NO3/c28-21-12-13-22(23(29)16-21)26(31)25(20-11-10-18-8-4-5-9-19(18)15-20)30-24(27(32)33)14-17-6-2-1-3-7-17/h1-13,15-16,24-25,30H,14H2,(H,32,33)/t24-,25?/m0/s1. The maximum absolute atomic E-state index is 13.6. The molecular weight excluding hydrogens is 457 g/mol. The zero-order valence-electron chi connectivity index (χ0n) is 17.5. The number of hydrogen-bond donors (Lipinski definition) is 2. The van der Waals surface area contributed by atoms with Gasteiger partial charge in [-0.05, 0) is 52.6 Å². The van der Waals surface area contributed by atoms with E-state index in [9.17, 15) is 14.7 Å². The van der Waals surface area contributed by atoms with Gasteiger partial charge in [0, 0.05) is 10.6 Å². The molecule has 0 aromatic heterocycles. The Morgan fingerprint density at radius 1 is 0.818 bits per heavy atom. The Kier molecular flexibility index (Phi) is 7.09. The third-order valence-corrected chi connectivity index (χ3v) is 6.06. The Labute approximate surface area is 201 Å². The molecule has 33 heavy (non-hydrogen) atoms. The van der Waals surface area contributed by atoms with E-state index in [0.29, 0.717) is 10.6 Å². The van der Waals surface area contributed by atoms with Crippen LogP contribution in [0.2, 0.25) is 10.0 Å². The lowest BCUT2D eigenvalue weighted by molar-refractivity contribution is -0.139. The molecule has 0 bridgehead atoms. The molecule has 0 spiro atoms. The summed E-state index contributed by atoms with van der Waals surface area (Å²) in [6.45, 7) is 0.